The molecule has 0 atom stereocenters. The van der Waals surface area contributed by atoms with Crippen LogP contribution in [-0.2, 0) is 30.4 Å². The molecule has 0 aliphatic carbocycles. The molecule has 0 heterocycles. The maximum absolute atomic E-state index is 12.5. The molecule has 0 bridgehead atoms. The fourth-order valence-electron chi connectivity index (χ4n) is 3.47. The van der Waals surface area contributed by atoms with Crippen molar-refractivity contribution >= 4 is 80.6 Å². The summed E-state index contributed by atoms with van der Waals surface area (Å²) < 4.78 is 104. The van der Waals surface area contributed by atoms with Crippen LogP contribution >= 0.6 is 0 Å². The fourth-order valence-corrected chi connectivity index (χ4v) is 5.49. The van der Waals surface area contributed by atoms with Gasteiger partial charge in [-0.25, -0.2) is 25.3 Å². The lowest BCUT2D eigenvalue weighted by molar-refractivity contribution is -0.267. The number of hydrogen-bond donors (Lipinski definition) is 0. The molecule has 0 saturated heterocycles. The van der Waals surface area contributed by atoms with Crippen LogP contribution in [0.3, 0.4) is 0 Å². The molecule has 185 valence electrons. The molecule has 0 fully saturated rings. The van der Waals surface area contributed by atoms with Crippen LogP contribution in [0.5, 0.6) is 5.75 Å². The molecule has 0 aromatic heterocycles. The van der Waals surface area contributed by atoms with E-state index in [9.17, 15) is 44.0 Å². The molecular formula is C20H10AlN2O10S3-4. The predicted octanol–water partition coefficient (Wildman–Crippen LogP) is 1.81. The van der Waals surface area contributed by atoms with Crippen molar-refractivity contribution in [1.82, 2.24) is 0 Å². The monoisotopic (exact) mass is 561 g/mol. The zero-order chi connectivity index (χ0) is 25.8. The van der Waals surface area contributed by atoms with E-state index < -0.39 is 61.9 Å². The third-order valence-electron chi connectivity index (χ3n) is 4.94. The van der Waals surface area contributed by atoms with Crippen LogP contribution in [0.4, 0.5) is 11.4 Å². The topological polar surface area (TPSA) is 219 Å². The first-order valence-corrected chi connectivity index (χ1v) is 13.5. The molecule has 4 aromatic carbocycles. The van der Waals surface area contributed by atoms with Gasteiger partial charge in [0.25, 0.3) is 0 Å². The molecule has 0 aliphatic rings. The van der Waals surface area contributed by atoms with Gasteiger partial charge in [-0.15, -0.1) is 5.11 Å². The molecule has 12 nitrogen and oxygen atoms in total. The van der Waals surface area contributed by atoms with E-state index in [0.29, 0.717) is 6.07 Å². The molecule has 0 unspecified atom stereocenters. The summed E-state index contributed by atoms with van der Waals surface area (Å²) in [6.07, 6.45) is 0. The normalized spacial score (nSPS) is 12.8. The van der Waals surface area contributed by atoms with Crippen molar-refractivity contribution in [1.29, 1.82) is 0 Å². The number of rotatable bonds is 5. The third kappa shape index (κ3) is 5.26. The largest absolute Gasteiger partial charge is 0.871 e. The molecule has 4 aromatic rings. The maximum atomic E-state index is 12.5. The number of hydrogen-bond acceptors (Lipinski definition) is 12. The van der Waals surface area contributed by atoms with E-state index >= 15 is 0 Å². The van der Waals surface area contributed by atoms with Crippen LogP contribution < -0.4 is 5.11 Å². The van der Waals surface area contributed by atoms with E-state index in [-0.39, 0.29) is 39.2 Å². The van der Waals surface area contributed by atoms with Crippen molar-refractivity contribution in [3.63, 3.8) is 0 Å². The molecule has 4 rings (SSSR count). The molecule has 0 spiro atoms. The van der Waals surface area contributed by atoms with Crippen molar-refractivity contribution in [2.45, 2.75) is 14.7 Å². The van der Waals surface area contributed by atoms with E-state index in [1.807, 2.05) is 0 Å². The van der Waals surface area contributed by atoms with E-state index in [2.05, 4.69) is 10.2 Å². The zero-order valence-electron chi connectivity index (χ0n) is 17.6. The summed E-state index contributed by atoms with van der Waals surface area (Å²) in [5.74, 6) is -0.882. The van der Waals surface area contributed by atoms with Gasteiger partial charge in [-0.2, -0.15) is 5.11 Å². The third-order valence-corrected chi connectivity index (χ3v) is 7.51. The van der Waals surface area contributed by atoms with Gasteiger partial charge >= 0.3 is 0 Å². The number of fused-ring (bicyclic) bond motifs is 2. The number of nitrogens with zero attached hydrogens (tertiary/aromatic N) is 2. The highest BCUT2D eigenvalue weighted by atomic mass is 32.2. The van der Waals surface area contributed by atoms with Crippen molar-refractivity contribution in [3.8, 4) is 5.75 Å². The van der Waals surface area contributed by atoms with Crippen molar-refractivity contribution in [2.24, 2.45) is 10.2 Å². The minimum atomic E-state index is -5.39. The first-order valence-electron chi connectivity index (χ1n) is 9.27. The Morgan fingerprint density at radius 2 is 1.25 bits per heavy atom. The smallest absolute Gasteiger partial charge is 0.125 e. The maximum Gasteiger partial charge on any atom is 0.125 e. The Morgan fingerprint density at radius 1 is 0.639 bits per heavy atom. The zero-order valence-corrected chi connectivity index (χ0v) is 21.2. The average molecular weight is 561 g/mol. The standard InChI is InChI=1S/C20H14N2O10S3.Al/c23-16-7-5-11-9-12(33(24,25)26)10-18(35(30,31)32)19(11)20(16)22-21-15-6-8-17(34(27,28)29)14-4-2-1-3-13(14)15;/h1-10,23H,(H,24,25,26)(H,27,28,29)(H,30,31,32);/p-4. The van der Waals surface area contributed by atoms with Gasteiger partial charge in [-0.05, 0) is 29.7 Å². The van der Waals surface area contributed by atoms with E-state index in [1.54, 1.807) is 0 Å². The highest BCUT2D eigenvalue weighted by Crippen LogP contribution is 2.40. The van der Waals surface area contributed by atoms with E-state index in [1.165, 1.54) is 24.3 Å². The summed E-state index contributed by atoms with van der Waals surface area (Å²) >= 11 is 0. The fraction of sp³-hybridized carbons (Fsp3) is 0. The van der Waals surface area contributed by atoms with Gasteiger partial charge in [0.05, 0.1) is 26.1 Å². The second-order valence-electron chi connectivity index (χ2n) is 7.12. The van der Waals surface area contributed by atoms with Gasteiger partial charge in [-0.3, -0.25) is 0 Å². The second-order valence-corrected chi connectivity index (χ2v) is 11.2. The Kier molecular flexibility index (Phi) is 7.30. The average Bonchev–Trinajstić information content (AvgIpc) is 2.75. The van der Waals surface area contributed by atoms with E-state index in [4.69, 9.17) is 0 Å². The SMILES string of the molecule is O=S(=O)([O-])c1cc(S(=O)(=O)[O-])c2c(N=Nc3ccc(S(=O)(=O)[O-])c4ccccc34)c([O-])ccc2c1.[Al]. The van der Waals surface area contributed by atoms with Gasteiger partial charge in [0.15, 0.2) is 0 Å². The number of benzene rings is 4. The Hall–Kier alpha value is -2.94. The Bertz CT molecular complexity index is 1890. The molecule has 16 heteroatoms. The quantitative estimate of drug-likeness (QED) is 0.195. The molecule has 0 saturated carbocycles. The molecular weight excluding hydrogens is 551 g/mol. The molecule has 36 heavy (non-hydrogen) atoms. The van der Waals surface area contributed by atoms with Crippen LogP contribution in [0.1, 0.15) is 0 Å². The van der Waals surface area contributed by atoms with Crippen LogP contribution in [0.2, 0.25) is 0 Å². The summed E-state index contributed by atoms with van der Waals surface area (Å²) in [7, 11) is -15.4. The van der Waals surface area contributed by atoms with E-state index in [0.717, 1.165) is 30.3 Å². The lowest BCUT2D eigenvalue weighted by Gasteiger charge is -2.19. The first kappa shape index (κ1) is 27.6. The second kappa shape index (κ2) is 9.50. The summed E-state index contributed by atoms with van der Waals surface area (Å²) in [5.41, 5.74) is -0.647. The molecule has 0 amide bonds. The van der Waals surface area contributed by atoms with Gasteiger partial charge in [0.2, 0.25) is 0 Å². The van der Waals surface area contributed by atoms with Crippen LogP contribution in [0.25, 0.3) is 21.5 Å². The van der Waals surface area contributed by atoms with Gasteiger partial charge in [0, 0.05) is 33.5 Å². The summed E-state index contributed by atoms with van der Waals surface area (Å²) in [5, 5.41) is 19.6. The van der Waals surface area contributed by atoms with Gasteiger partial charge in [0.1, 0.15) is 30.4 Å². The summed E-state index contributed by atoms with van der Waals surface area (Å²) in [6, 6.07) is 11.0. The van der Waals surface area contributed by atoms with Crippen molar-refractivity contribution in [3.05, 3.63) is 60.7 Å². The summed E-state index contributed by atoms with van der Waals surface area (Å²) in [4.78, 5) is -2.68. The minimum Gasteiger partial charge on any atom is -0.871 e. The van der Waals surface area contributed by atoms with Crippen LogP contribution in [0.15, 0.2) is 85.6 Å². The Labute approximate surface area is 215 Å². The Morgan fingerprint density at radius 3 is 1.83 bits per heavy atom. The van der Waals surface area contributed by atoms with Crippen molar-refractivity contribution < 1.29 is 44.0 Å². The number of azo groups is 1. The highest BCUT2D eigenvalue weighted by Gasteiger charge is 2.17. The lowest BCUT2D eigenvalue weighted by Crippen LogP contribution is -2.05. The lowest BCUT2D eigenvalue weighted by atomic mass is 10.1. The minimum absolute atomic E-state index is 0. The van der Waals surface area contributed by atoms with Gasteiger partial charge < -0.3 is 18.8 Å². The molecule has 0 N–H and O–H groups in total. The van der Waals surface area contributed by atoms with Crippen molar-refractivity contribution in [2.75, 3.05) is 0 Å². The van der Waals surface area contributed by atoms with Crippen LogP contribution in [-0.4, -0.2) is 56.3 Å². The van der Waals surface area contributed by atoms with Gasteiger partial charge in [-0.1, -0.05) is 42.1 Å². The molecule has 3 radical (unpaired) electrons. The summed E-state index contributed by atoms with van der Waals surface area (Å²) in [6.45, 7) is 0. The van der Waals surface area contributed by atoms with Crippen LogP contribution in [0, 0.1) is 0 Å². The molecule has 0 aliphatic heterocycles. The highest BCUT2D eigenvalue weighted by molar-refractivity contribution is 7.86. The predicted molar refractivity (Wildman–Crippen MR) is 121 cm³/mol. The Balaban J connectivity index is 0.00000361. The first-order chi connectivity index (χ1) is 16.2.